The van der Waals surface area contributed by atoms with Crippen molar-refractivity contribution in [2.45, 2.75) is 44.2 Å². The second kappa shape index (κ2) is 7.92. The van der Waals surface area contributed by atoms with Gasteiger partial charge in [-0.3, -0.25) is 0 Å². The van der Waals surface area contributed by atoms with Crippen LogP contribution >= 0.6 is 0 Å². The van der Waals surface area contributed by atoms with Gasteiger partial charge in [-0.1, -0.05) is 61.9 Å². The molecule has 2 atom stereocenters. The van der Waals surface area contributed by atoms with Crippen molar-refractivity contribution in [1.29, 1.82) is 0 Å². The molecule has 4 nitrogen and oxygen atoms in total. The van der Waals surface area contributed by atoms with Crippen molar-refractivity contribution >= 4 is 10.0 Å². The van der Waals surface area contributed by atoms with E-state index in [2.05, 4.69) is 4.72 Å². The zero-order valence-corrected chi connectivity index (χ0v) is 15.1. The van der Waals surface area contributed by atoms with Crippen LogP contribution in [0.3, 0.4) is 0 Å². The molecule has 0 bridgehead atoms. The van der Waals surface area contributed by atoms with E-state index in [-0.39, 0.29) is 10.8 Å². The van der Waals surface area contributed by atoms with Crippen molar-refractivity contribution in [1.82, 2.24) is 4.72 Å². The molecule has 130 valence electrons. The fourth-order valence-electron chi connectivity index (χ4n) is 2.60. The van der Waals surface area contributed by atoms with E-state index in [0.717, 1.165) is 11.1 Å². The van der Waals surface area contributed by atoms with Crippen molar-refractivity contribution in [2.75, 3.05) is 0 Å². The molecule has 0 aliphatic rings. The number of hydrogen-bond acceptors (Lipinski definition) is 3. The van der Waals surface area contributed by atoms with Crippen molar-refractivity contribution in [3.8, 4) is 0 Å². The molecule has 0 amide bonds. The second-order valence-electron chi connectivity index (χ2n) is 6.52. The SMILES string of the molecule is Cc1ccc(S(=O)(=O)N[C@@H](c2ccccc2)[C@@H](O)CC(C)C)cc1. The third kappa shape index (κ3) is 4.90. The number of nitrogens with one attached hydrogen (secondary N) is 1. The Labute approximate surface area is 144 Å². The van der Waals surface area contributed by atoms with Gasteiger partial charge in [0.15, 0.2) is 0 Å². The maximum absolute atomic E-state index is 12.7. The van der Waals surface area contributed by atoms with Crippen LogP contribution < -0.4 is 4.72 Å². The molecule has 0 radical (unpaired) electrons. The molecule has 0 saturated heterocycles. The van der Waals surface area contributed by atoms with Crippen LogP contribution in [0.4, 0.5) is 0 Å². The van der Waals surface area contributed by atoms with Gasteiger partial charge in [0.25, 0.3) is 0 Å². The number of aliphatic hydroxyl groups is 1. The Morgan fingerprint density at radius 1 is 1.00 bits per heavy atom. The van der Waals surface area contributed by atoms with E-state index < -0.39 is 22.2 Å². The van der Waals surface area contributed by atoms with E-state index in [0.29, 0.717) is 6.42 Å². The summed E-state index contributed by atoms with van der Waals surface area (Å²) in [5.74, 6) is 0.259. The highest BCUT2D eigenvalue weighted by molar-refractivity contribution is 7.89. The number of sulfonamides is 1. The molecule has 0 aliphatic carbocycles. The van der Waals surface area contributed by atoms with Crippen LogP contribution in [0.2, 0.25) is 0 Å². The molecule has 0 fully saturated rings. The summed E-state index contributed by atoms with van der Waals surface area (Å²) >= 11 is 0. The number of aryl methyl sites for hydroxylation is 1. The molecular formula is C19H25NO3S. The highest BCUT2D eigenvalue weighted by Gasteiger charge is 2.27. The van der Waals surface area contributed by atoms with Crippen LogP contribution in [-0.2, 0) is 10.0 Å². The van der Waals surface area contributed by atoms with Gasteiger partial charge in [0.1, 0.15) is 0 Å². The lowest BCUT2D eigenvalue weighted by Gasteiger charge is -2.25. The van der Waals surface area contributed by atoms with Gasteiger partial charge in [0, 0.05) is 0 Å². The van der Waals surface area contributed by atoms with Gasteiger partial charge in [0.05, 0.1) is 17.0 Å². The predicted octanol–water partition coefficient (Wildman–Crippen LogP) is 3.42. The minimum Gasteiger partial charge on any atom is -0.391 e. The Morgan fingerprint density at radius 2 is 1.58 bits per heavy atom. The number of benzene rings is 2. The van der Waals surface area contributed by atoms with Crippen molar-refractivity contribution in [2.24, 2.45) is 5.92 Å². The van der Waals surface area contributed by atoms with Crippen LogP contribution in [-0.4, -0.2) is 19.6 Å². The average Bonchev–Trinajstić information content (AvgIpc) is 2.53. The summed E-state index contributed by atoms with van der Waals surface area (Å²) in [6, 6.07) is 15.2. The first kappa shape index (κ1) is 18.6. The van der Waals surface area contributed by atoms with E-state index in [1.165, 1.54) is 0 Å². The van der Waals surface area contributed by atoms with Crippen LogP contribution in [0.25, 0.3) is 0 Å². The van der Waals surface area contributed by atoms with Crippen LogP contribution in [0.5, 0.6) is 0 Å². The lowest BCUT2D eigenvalue weighted by molar-refractivity contribution is 0.114. The Bertz CT molecular complexity index is 740. The third-order valence-electron chi connectivity index (χ3n) is 3.87. The highest BCUT2D eigenvalue weighted by atomic mass is 32.2. The molecule has 24 heavy (non-hydrogen) atoms. The summed E-state index contributed by atoms with van der Waals surface area (Å²) in [5.41, 5.74) is 1.75. The quantitative estimate of drug-likeness (QED) is 0.806. The molecule has 2 aromatic rings. The zero-order chi connectivity index (χ0) is 17.7. The predicted molar refractivity (Wildman–Crippen MR) is 96.1 cm³/mol. The minimum atomic E-state index is -3.72. The van der Waals surface area contributed by atoms with Gasteiger partial charge in [-0.05, 0) is 37.0 Å². The van der Waals surface area contributed by atoms with Gasteiger partial charge in [0.2, 0.25) is 10.0 Å². The minimum absolute atomic E-state index is 0.200. The normalized spacial score (nSPS) is 14.5. The number of rotatable bonds is 7. The van der Waals surface area contributed by atoms with Crippen molar-refractivity contribution < 1.29 is 13.5 Å². The molecule has 0 unspecified atom stereocenters. The molecule has 0 saturated carbocycles. The van der Waals surface area contributed by atoms with E-state index in [1.807, 2.05) is 51.1 Å². The molecule has 0 heterocycles. The maximum atomic E-state index is 12.7. The number of aliphatic hydroxyl groups excluding tert-OH is 1. The fraction of sp³-hybridized carbons (Fsp3) is 0.368. The lowest BCUT2D eigenvalue weighted by atomic mass is 9.95. The lowest BCUT2D eigenvalue weighted by Crippen LogP contribution is -2.37. The number of hydrogen-bond donors (Lipinski definition) is 2. The van der Waals surface area contributed by atoms with Crippen molar-refractivity contribution in [3.63, 3.8) is 0 Å². The molecule has 0 aromatic heterocycles. The maximum Gasteiger partial charge on any atom is 0.241 e. The van der Waals surface area contributed by atoms with E-state index >= 15 is 0 Å². The van der Waals surface area contributed by atoms with Gasteiger partial charge in [-0.15, -0.1) is 0 Å². The molecule has 2 N–H and O–H groups in total. The Balaban J connectivity index is 2.32. The summed E-state index contributed by atoms with van der Waals surface area (Å²) in [6.45, 7) is 5.91. The first-order valence-corrected chi connectivity index (χ1v) is 9.60. The summed E-state index contributed by atoms with van der Waals surface area (Å²) in [6.07, 6.45) is -0.289. The first-order valence-electron chi connectivity index (χ1n) is 8.11. The molecule has 0 aliphatic heterocycles. The summed E-state index contributed by atoms with van der Waals surface area (Å²) in [5, 5.41) is 10.6. The summed E-state index contributed by atoms with van der Waals surface area (Å²) in [4.78, 5) is 0.200. The largest absolute Gasteiger partial charge is 0.391 e. The molecular weight excluding hydrogens is 322 g/mol. The van der Waals surface area contributed by atoms with Gasteiger partial charge in [-0.25, -0.2) is 13.1 Å². The first-order chi connectivity index (χ1) is 11.3. The van der Waals surface area contributed by atoms with E-state index in [4.69, 9.17) is 0 Å². The third-order valence-corrected chi connectivity index (χ3v) is 5.33. The Hall–Kier alpha value is -1.69. The average molecular weight is 347 g/mol. The van der Waals surface area contributed by atoms with Gasteiger partial charge in [-0.2, -0.15) is 0 Å². The van der Waals surface area contributed by atoms with E-state index in [1.54, 1.807) is 24.3 Å². The zero-order valence-electron chi connectivity index (χ0n) is 14.3. The highest BCUT2D eigenvalue weighted by Crippen LogP contribution is 2.24. The van der Waals surface area contributed by atoms with Gasteiger partial charge >= 0.3 is 0 Å². The molecule has 2 aromatic carbocycles. The molecule has 0 spiro atoms. The van der Waals surface area contributed by atoms with Gasteiger partial charge < -0.3 is 5.11 Å². The topological polar surface area (TPSA) is 66.4 Å². The summed E-state index contributed by atoms with van der Waals surface area (Å²) in [7, 11) is -3.72. The van der Waals surface area contributed by atoms with Crippen LogP contribution in [0.1, 0.15) is 37.4 Å². The molecule has 2 rings (SSSR count). The molecule has 5 heteroatoms. The fourth-order valence-corrected chi connectivity index (χ4v) is 3.86. The monoisotopic (exact) mass is 347 g/mol. The standard InChI is InChI=1S/C19H25NO3S/c1-14(2)13-18(21)19(16-7-5-4-6-8-16)20-24(22,23)17-11-9-15(3)10-12-17/h4-12,14,18-21H,13H2,1-3H3/t18-,19-/m0/s1. The van der Waals surface area contributed by atoms with Crippen molar-refractivity contribution in [3.05, 3.63) is 65.7 Å². The Kier molecular flexibility index (Phi) is 6.15. The summed E-state index contributed by atoms with van der Waals surface area (Å²) < 4.78 is 28.1. The second-order valence-corrected chi connectivity index (χ2v) is 8.23. The Morgan fingerprint density at radius 3 is 2.12 bits per heavy atom. The van der Waals surface area contributed by atoms with Crippen LogP contribution in [0, 0.1) is 12.8 Å². The smallest absolute Gasteiger partial charge is 0.241 e. The van der Waals surface area contributed by atoms with Crippen LogP contribution in [0.15, 0.2) is 59.5 Å². The van der Waals surface area contributed by atoms with E-state index in [9.17, 15) is 13.5 Å².